The predicted molar refractivity (Wildman–Crippen MR) is 73.6 cm³/mol. The van der Waals surface area contributed by atoms with Gasteiger partial charge in [-0.1, -0.05) is 18.2 Å². The highest BCUT2D eigenvalue weighted by atomic mass is 32.2. The molecule has 0 radical (unpaired) electrons. The summed E-state index contributed by atoms with van der Waals surface area (Å²) in [5.74, 6) is -3.68. The minimum Gasteiger partial charge on any atom is -0.480 e. The van der Waals surface area contributed by atoms with Gasteiger partial charge in [0.05, 0.1) is 17.3 Å². The summed E-state index contributed by atoms with van der Waals surface area (Å²) < 4.78 is 29.2. The quantitative estimate of drug-likeness (QED) is 0.663. The fourth-order valence-corrected chi connectivity index (χ4v) is 4.57. The van der Waals surface area contributed by atoms with Crippen LogP contribution in [-0.4, -0.2) is 37.8 Å². The molecular weight excluding hydrogens is 296 g/mol. The van der Waals surface area contributed by atoms with Crippen molar-refractivity contribution in [1.82, 2.24) is 0 Å². The molecule has 7 heteroatoms. The molecule has 2 atom stereocenters. The molecule has 1 aromatic rings. The van der Waals surface area contributed by atoms with Crippen molar-refractivity contribution in [3.05, 3.63) is 29.8 Å². The molecule has 0 fully saturated rings. The molecule has 1 heterocycles. The number of carboxylic acids is 1. The van der Waals surface area contributed by atoms with Crippen molar-refractivity contribution < 1.29 is 27.9 Å². The maximum Gasteiger partial charge on any atom is 0.323 e. The monoisotopic (exact) mass is 312 g/mol. The Bertz CT molecular complexity index is 693. The van der Waals surface area contributed by atoms with E-state index in [9.17, 15) is 23.1 Å². The Labute approximate surface area is 122 Å². The summed E-state index contributed by atoms with van der Waals surface area (Å²) in [5.41, 5.74) is -1.58. The van der Waals surface area contributed by atoms with E-state index >= 15 is 0 Å². The van der Waals surface area contributed by atoms with Gasteiger partial charge in [-0.25, -0.2) is 8.42 Å². The molecule has 0 aromatic heterocycles. The number of sulfone groups is 1. The maximum absolute atomic E-state index is 12.2. The Morgan fingerprint density at radius 3 is 2.57 bits per heavy atom. The maximum atomic E-state index is 12.2. The molecule has 0 aliphatic carbocycles. The Morgan fingerprint density at radius 1 is 1.38 bits per heavy atom. The number of hydrogen-bond donors (Lipinski definition) is 1. The average Bonchev–Trinajstić information content (AvgIpc) is 2.71. The molecular formula is C14H16O6S. The number of esters is 1. The van der Waals surface area contributed by atoms with Crippen LogP contribution in [0.2, 0.25) is 0 Å². The highest BCUT2D eigenvalue weighted by molar-refractivity contribution is 7.91. The highest BCUT2D eigenvalue weighted by Gasteiger charge is 2.55. The van der Waals surface area contributed by atoms with Gasteiger partial charge in [-0.05, 0) is 25.5 Å². The molecule has 6 nitrogen and oxygen atoms in total. The first-order chi connectivity index (χ1) is 9.75. The number of aliphatic carboxylic acids is 1. The van der Waals surface area contributed by atoms with Crippen LogP contribution in [0.25, 0.3) is 0 Å². The Hall–Kier alpha value is -1.89. The molecule has 1 aliphatic rings. The predicted octanol–water partition coefficient (Wildman–Crippen LogP) is 1.21. The van der Waals surface area contributed by atoms with Crippen molar-refractivity contribution in [2.45, 2.75) is 24.7 Å². The first-order valence-corrected chi connectivity index (χ1v) is 8.12. The van der Waals surface area contributed by atoms with Crippen LogP contribution in [0.15, 0.2) is 29.2 Å². The van der Waals surface area contributed by atoms with Crippen molar-refractivity contribution in [1.29, 1.82) is 0 Å². The second-order valence-corrected chi connectivity index (χ2v) is 7.10. The average molecular weight is 312 g/mol. The zero-order valence-electron chi connectivity index (χ0n) is 11.7. The van der Waals surface area contributed by atoms with Gasteiger partial charge in [0.15, 0.2) is 15.3 Å². The fraction of sp³-hybridized carbons (Fsp3) is 0.429. The van der Waals surface area contributed by atoms with Gasteiger partial charge in [0.25, 0.3) is 0 Å². The van der Waals surface area contributed by atoms with E-state index in [1.807, 2.05) is 0 Å². The van der Waals surface area contributed by atoms with Gasteiger partial charge in [-0.15, -0.1) is 0 Å². The fourth-order valence-electron chi connectivity index (χ4n) is 2.59. The SMILES string of the molecule is CCOC(=O)C(C)(C(=O)O)C1CS(=O)(=O)c2ccccc21. The number of carboxylic acid groups (broad SMARTS) is 1. The van der Waals surface area contributed by atoms with Gasteiger partial charge in [-0.3, -0.25) is 9.59 Å². The van der Waals surface area contributed by atoms with Crippen LogP contribution >= 0.6 is 0 Å². The van der Waals surface area contributed by atoms with E-state index < -0.39 is 38.9 Å². The Kier molecular flexibility index (Phi) is 3.79. The van der Waals surface area contributed by atoms with Gasteiger partial charge in [-0.2, -0.15) is 0 Å². The van der Waals surface area contributed by atoms with Gasteiger partial charge < -0.3 is 9.84 Å². The molecule has 2 unspecified atom stereocenters. The van der Waals surface area contributed by atoms with Gasteiger partial charge in [0.1, 0.15) is 0 Å². The molecule has 0 amide bonds. The first kappa shape index (κ1) is 15.5. The van der Waals surface area contributed by atoms with Crippen LogP contribution in [0.3, 0.4) is 0 Å². The van der Waals surface area contributed by atoms with Crippen LogP contribution in [0.4, 0.5) is 0 Å². The first-order valence-electron chi connectivity index (χ1n) is 6.47. The third-order valence-corrected chi connectivity index (χ3v) is 5.67. The largest absolute Gasteiger partial charge is 0.480 e. The summed E-state index contributed by atoms with van der Waals surface area (Å²) in [7, 11) is -3.59. The lowest BCUT2D eigenvalue weighted by Crippen LogP contribution is -2.44. The minimum atomic E-state index is -3.59. The number of carbonyl (C=O) groups excluding carboxylic acids is 1. The second-order valence-electron chi connectivity index (χ2n) is 5.10. The van der Waals surface area contributed by atoms with Crippen LogP contribution in [-0.2, 0) is 24.2 Å². The topological polar surface area (TPSA) is 97.7 Å². The molecule has 0 saturated carbocycles. The summed E-state index contributed by atoms with van der Waals surface area (Å²) in [6, 6.07) is 6.17. The van der Waals surface area contributed by atoms with Gasteiger partial charge in [0.2, 0.25) is 0 Å². The zero-order chi connectivity index (χ0) is 15.8. The van der Waals surface area contributed by atoms with Crippen molar-refractivity contribution in [2.24, 2.45) is 5.41 Å². The smallest absolute Gasteiger partial charge is 0.323 e. The minimum absolute atomic E-state index is 0.0306. The molecule has 0 bridgehead atoms. The number of hydrogen-bond acceptors (Lipinski definition) is 5. The third kappa shape index (κ3) is 2.31. The lowest BCUT2D eigenvalue weighted by molar-refractivity contribution is -0.168. The van der Waals surface area contributed by atoms with Crippen LogP contribution in [0.5, 0.6) is 0 Å². The standard InChI is InChI=1S/C14H16O6S/c1-3-20-13(17)14(2,12(15)16)10-8-21(18,19)11-7-5-4-6-9(10)11/h4-7,10H,3,8H2,1-2H3,(H,15,16). The Balaban J connectivity index is 2.59. The molecule has 114 valence electrons. The highest BCUT2D eigenvalue weighted by Crippen LogP contribution is 2.46. The third-order valence-electron chi connectivity index (χ3n) is 3.86. The van der Waals surface area contributed by atoms with Crippen LogP contribution in [0.1, 0.15) is 25.3 Å². The summed E-state index contributed by atoms with van der Waals surface area (Å²) in [6.45, 7) is 2.82. The summed E-state index contributed by atoms with van der Waals surface area (Å²) in [4.78, 5) is 23.9. The van der Waals surface area contributed by atoms with Crippen LogP contribution in [0, 0.1) is 5.41 Å². The molecule has 0 spiro atoms. The number of carbonyl (C=O) groups is 2. The van der Waals surface area contributed by atoms with E-state index in [-0.39, 0.29) is 11.5 Å². The van der Waals surface area contributed by atoms with E-state index in [2.05, 4.69) is 0 Å². The number of ether oxygens (including phenoxy) is 1. The summed E-state index contributed by atoms with van der Waals surface area (Å²) in [6.07, 6.45) is 0. The molecule has 1 aliphatic heterocycles. The van der Waals surface area contributed by atoms with E-state index in [1.54, 1.807) is 25.1 Å². The molecule has 1 N–H and O–H groups in total. The summed E-state index contributed by atoms with van der Waals surface area (Å²) in [5, 5.41) is 9.49. The van der Waals surface area contributed by atoms with E-state index in [0.717, 1.165) is 0 Å². The zero-order valence-corrected chi connectivity index (χ0v) is 12.5. The molecule has 0 saturated heterocycles. The van der Waals surface area contributed by atoms with E-state index in [1.165, 1.54) is 13.0 Å². The number of fused-ring (bicyclic) bond motifs is 1. The molecule has 1 aromatic carbocycles. The number of rotatable bonds is 4. The molecule has 21 heavy (non-hydrogen) atoms. The normalized spacial score (nSPS) is 22.1. The lowest BCUT2D eigenvalue weighted by atomic mass is 9.74. The van der Waals surface area contributed by atoms with Crippen LogP contribution < -0.4 is 0 Å². The van der Waals surface area contributed by atoms with Crippen molar-refractivity contribution in [3.8, 4) is 0 Å². The van der Waals surface area contributed by atoms with E-state index in [4.69, 9.17) is 4.74 Å². The molecule has 2 rings (SSSR count). The van der Waals surface area contributed by atoms with Gasteiger partial charge in [0, 0.05) is 5.92 Å². The number of benzene rings is 1. The van der Waals surface area contributed by atoms with Crippen molar-refractivity contribution >= 4 is 21.8 Å². The van der Waals surface area contributed by atoms with Crippen molar-refractivity contribution in [2.75, 3.05) is 12.4 Å². The Morgan fingerprint density at radius 2 is 2.00 bits per heavy atom. The lowest BCUT2D eigenvalue weighted by Gasteiger charge is -2.28. The van der Waals surface area contributed by atoms with Gasteiger partial charge >= 0.3 is 11.9 Å². The van der Waals surface area contributed by atoms with E-state index in [0.29, 0.717) is 5.56 Å². The summed E-state index contributed by atoms with van der Waals surface area (Å²) >= 11 is 0. The second kappa shape index (κ2) is 5.14. The van der Waals surface area contributed by atoms with Crippen molar-refractivity contribution in [3.63, 3.8) is 0 Å².